The molecular formula is C20H30N4O3S. The van der Waals surface area contributed by atoms with Crippen molar-refractivity contribution < 1.29 is 13.2 Å². The van der Waals surface area contributed by atoms with Gasteiger partial charge in [-0.15, -0.1) is 0 Å². The van der Waals surface area contributed by atoms with Gasteiger partial charge in [-0.25, -0.2) is 13.1 Å². The molecule has 0 spiro atoms. The van der Waals surface area contributed by atoms with Crippen molar-refractivity contribution in [1.29, 1.82) is 0 Å². The minimum absolute atomic E-state index is 0.0379. The van der Waals surface area contributed by atoms with E-state index < -0.39 is 10.0 Å². The summed E-state index contributed by atoms with van der Waals surface area (Å²) in [6.45, 7) is 7.52. The standard InChI is InChI=1S/C20H30N4O3S/c1-16(2)19-6-4-5-7-20(19)27-13-12-24-10-8-17(9-11-24)22-28(25,26)18-14-21-23(3)15-18/h4-7,14-17,22H,8-13H2,1-3H3. The number of likely N-dealkylation sites (tertiary alicyclic amines) is 1. The van der Waals surface area contributed by atoms with E-state index in [4.69, 9.17) is 4.74 Å². The molecule has 154 valence electrons. The first-order valence-corrected chi connectivity index (χ1v) is 11.3. The molecule has 1 N–H and O–H groups in total. The van der Waals surface area contributed by atoms with Crippen LogP contribution in [0.5, 0.6) is 5.75 Å². The molecule has 0 bridgehead atoms. The van der Waals surface area contributed by atoms with Crippen LogP contribution in [-0.4, -0.2) is 55.4 Å². The Bertz CT molecular complexity index is 871. The number of hydrogen-bond donors (Lipinski definition) is 1. The highest BCUT2D eigenvalue weighted by atomic mass is 32.2. The van der Waals surface area contributed by atoms with E-state index in [1.807, 2.05) is 18.2 Å². The minimum Gasteiger partial charge on any atom is -0.492 e. The number of nitrogens with one attached hydrogen (secondary N) is 1. The highest BCUT2D eigenvalue weighted by Gasteiger charge is 2.25. The number of ether oxygens (including phenoxy) is 1. The molecule has 1 aliphatic rings. The van der Waals surface area contributed by atoms with E-state index in [0.717, 1.165) is 38.2 Å². The SMILES string of the molecule is CC(C)c1ccccc1OCCN1CCC(NS(=O)(=O)c2cnn(C)c2)CC1. The van der Waals surface area contributed by atoms with Crippen LogP contribution in [0.2, 0.25) is 0 Å². The van der Waals surface area contributed by atoms with E-state index in [2.05, 4.69) is 34.6 Å². The normalized spacial score (nSPS) is 16.6. The van der Waals surface area contributed by atoms with Crippen molar-refractivity contribution >= 4 is 10.0 Å². The van der Waals surface area contributed by atoms with Crippen LogP contribution in [0.4, 0.5) is 0 Å². The molecule has 1 saturated heterocycles. The van der Waals surface area contributed by atoms with Crippen molar-refractivity contribution in [3.8, 4) is 5.75 Å². The number of piperidine rings is 1. The molecule has 2 aromatic rings. The van der Waals surface area contributed by atoms with Gasteiger partial charge in [-0.3, -0.25) is 9.58 Å². The molecule has 8 heteroatoms. The van der Waals surface area contributed by atoms with Crippen molar-refractivity contribution in [2.75, 3.05) is 26.2 Å². The quantitative estimate of drug-likeness (QED) is 0.728. The molecule has 2 heterocycles. The molecule has 1 aromatic carbocycles. The Morgan fingerprint density at radius 1 is 1.25 bits per heavy atom. The summed E-state index contributed by atoms with van der Waals surface area (Å²) in [5.41, 5.74) is 1.23. The molecule has 1 aliphatic heterocycles. The fourth-order valence-electron chi connectivity index (χ4n) is 3.47. The van der Waals surface area contributed by atoms with Crippen LogP contribution in [0, 0.1) is 0 Å². The average Bonchev–Trinajstić information content (AvgIpc) is 3.11. The maximum atomic E-state index is 12.4. The van der Waals surface area contributed by atoms with Crippen molar-refractivity contribution in [2.45, 2.75) is 43.5 Å². The van der Waals surface area contributed by atoms with Crippen molar-refractivity contribution in [2.24, 2.45) is 7.05 Å². The number of aromatic nitrogens is 2. The Labute approximate surface area is 167 Å². The average molecular weight is 407 g/mol. The van der Waals surface area contributed by atoms with Crippen LogP contribution >= 0.6 is 0 Å². The second-order valence-corrected chi connectivity index (χ2v) is 9.34. The second-order valence-electron chi connectivity index (χ2n) is 7.63. The van der Waals surface area contributed by atoms with Gasteiger partial charge in [-0.05, 0) is 43.5 Å². The third-order valence-corrected chi connectivity index (χ3v) is 6.58. The fraction of sp³-hybridized carbons (Fsp3) is 0.550. The van der Waals surface area contributed by atoms with E-state index >= 15 is 0 Å². The Balaban J connectivity index is 1.43. The number of rotatable bonds is 8. The predicted octanol–water partition coefficient (Wildman–Crippen LogP) is 2.37. The van der Waals surface area contributed by atoms with E-state index in [-0.39, 0.29) is 10.9 Å². The third-order valence-electron chi connectivity index (χ3n) is 5.11. The Morgan fingerprint density at radius 3 is 2.61 bits per heavy atom. The van der Waals surface area contributed by atoms with Crippen LogP contribution < -0.4 is 9.46 Å². The van der Waals surface area contributed by atoms with Crippen molar-refractivity contribution in [3.63, 3.8) is 0 Å². The van der Waals surface area contributed by atoms with E-state index in [1.54, 1.807) is 7.05 Å². The summed E-state index contributed by atoms with van der Waals surface area (Å²) in [6, 6.07) is 8.14. The van der Waals surface area contributed by atoms with E-state index in [1.165, 1.54) is 22.6 Å². The Hall–Kier alpha value is -1.90. The number of benzene rings is 1. The van der Waals surface area contributed by atoms with Crippen LogP contribution in [0.3, 0.4) is 0 Å². The lowest BCUT2D eigenvalue weighted by atomic mass is 10.0. The van der Waals surface area contributed by atoms with Gasteiger partial charge in [0.05, 0.1) is 6.20 Å². The zero-order valence-electron chi connectivity index (χ0n) is 16.8. The highest BCUT2D eigenvalue weighted by Crippen LogP contribution is 2.25. The van der Waals surface area contributed by atoms with Gasteiger partial charge in [0.15, 0.2) is 0 Å². The van der Waals surface area contributed by atoms with E-state index in [0.29, 0.717) is 12.5 Å². The molecule has 1 fully saturated rings. The first-order chi connectivity index (χ1) is 13.3. The van der Waals surface area contributed by atoms with Gasteiger partial charge in [0.25, 0.3) is 0 Å². The molecule has 0 radical (unpaired) electrons. The van der Waals surface area contributed by atoms with Gasteiger partial charge in [0.1, 0.15) is 17.3 Å². The maximum absolute atomic E-state index is 12.4. The number of aryl methyl sites for hydroxylation is 1. The lowest BCUT2D eigenvalue weighted by Gasteiger charge is -2.32. The van der Waals surface area contributed by atoms with Gasteiger partial charge in [0, 0.05) is 25.8 Å². The Morgan fingerprint density at radius 2 is 1.96 bits per heavy atom. The lowest BCUT2D eigenvalue weighted by Crippen LogP contribution is -2.45. The van der Waals surface area contributed by atoms with Crippen LogP contribution in [0.15, 0.2) is 41.6 Å². The summed E-state index contributed by atoms with van der Waals surface area (Å²) in [6.07, 6.45) is 4.48. The molecule has 3 rings (SSSR count). The molecule has 0 amide bonds. The molecule has 28 heavy (non-hydrogen) atoms. The monoisotopic (exact) mass is 406 g/mol. The molecule has 0 atom stereocenters. The largest absolute Gasteiger partial charge is 0.492 e. The van der Waals surface area contributed by atoms with Gasteiger partial charge < -0.3 is 4.74 Å². The van der Waals surface area contributed by atoms with Gasteiger partial charge >= 0.3 is 0 Å². The minimum atomic E-state index is -3.50. The van der Waals surface area contributed by atoms with Crippen LogP contribution in [0.25, 0.3) is 0 Å². The van der Waals surface area contributed by atoms with Gasteiger partial charge in [-0.1, -0.05) is 32.0 Å². The Kier molecular flexibility index (Phi) is 6.74. The maximum Gasteiger partial charge on any atom is 0.243 e. The number of hydrogen-bond acceptors (Lipinski definition) is 5. The lowest BCUT2D eigenvalue weighted by molar-refractivity contribution is 0.170. The van der Waals surface area contributed by atoms with Crippen molar-refractivity contribution in [1.82, 2.24) is 19.4 Å². The van der Waals surface area contributed by atoms with Crippen molar-refractivity contribution in [3.05, 3.63) is 42.2 Å². The zero-order chi connectivity index (χ0) is 20.1. The molecule has 0 saturated carbocycles. The highest BCUT2D eigenvalue weighted by molar-refractivity contribution is 7.89. The number of para-hydroxylation sites is 1. The fourth-order valence-corrected chi connectivity index (χ4v) is 4.76. The molecule has 1 aromatic heterocycles. The van der Waals surface area contributed by atoms with E-state index in [9.17, 15) is 8.42 Å². The predicted molar refractivity (Wildman–Crippen MR) is 109 cm³/mol. The summed E-state index contributed by atoms with van der Waals surface area (Å²) < 4.78 is 35.1. The third kappa shape index (κ3) is 5.33. The number of nitrogens with zero attached hydrogens (tertiary/aromatic N) is 3. The molecule has 0 aliphatic carbocycles. The van der Waals surface area contributed by atoms with Gasteiger partial charge in [-0.2, -0.15) is 5.10 Å². The summed E-state index contributed by atoms with van der Waals surface area (Å²) in [7, 11) is -1.79. The number of sulfonamides is 1. The first kappa shape index (κ1) is 20.8. The summed E-state index contributed by atoms with van der Waals surface area (Å²) >= 11 is 0. The molecule has 0 unspecified atom stereocenters. The molecule has 7 nitrogen and oxygen atoms in total. The zero-order valence-corrected chi connectivity index (χ0v) is 17.7. The summed E-state index contributed by atoms with van der Waals surface area (Å²) in [4.78, 5) is 2.54. The van der Waals surface area contributed by atoms with Crippen LogP contribution in [-0.2, 0) is 17.1 Å². The van der Waals surface area contributed by atoms with Gasteiger partial charge in [0.2, 0.25) is 10.0 Å². The summed E-state index contributed by atoms with van der Waals surface area (Å²) in [5.74, 6) is 1.39. The summed E-state index contributed by atoms with van der Waals surface area (Å²) in [5, 5.41) is 3.94. The first-order valence-electron chi connectivity index (χ1n) is 9.80. The topological polar surface area (TPSA) is 76.5 Å². The second kappa shape index (κ2) is 9.07. The smallest absolute Gasteiger partial charge is 0.243 e. The molecular weight excluding hydrogens is 376 g/mol. The van der Waals surface area contributed by atoms with Crippen LogP contribution in [0.1, 0.15) is 38.2 Å².